The minimum Gasteiger partial charge on any atom is -0.389 e. The monoisotopic (exact) mass is 158 g/mol. The number of aliphatic hydroxyl groups is 1. The largest absolute Gasteiger partial charge is 0.389 e. The molecule has 0 amide bonds. The molecule has 0 unspecified atom stereocenters. The van der Waals surface area contributed by atoms with Crippen molar-refractivity contribution in [3.05, 3.63) is 28.2 Å². The van der Waals surface area contributed by atoms with E-state index < -0.39 is 12.4 Å². The maximum Gasteiger partial charge on any atom is 0.127 e. The lowest BCUT2D eigenvalue weighted by molar-refractivity contribution is 0.300. The van der Waals surface area contributed by atoms with E-state index in [4.69, 9.17) is 5.11 Å². The highest BCUT2D eigenvalue weighted by molar-refractivity contribution is 7.10. The molecule has 0 bridgehead atoms. The third-order valence-electron chi connectivity index (χ3n) is 0.993. The zero-order chi connectivity index (χ0) is 7.40. The molecule has 3 heteroatoms. The molecule has 54 valence electrons. The van der Waals surface area contributed by atoms with E-state index in [-0.39, 0.29) is 0 Å². The highest BCUT2D eigenvalue weighted by atomic mass is 32.1. The summed E-state index contributed by atoms with van der Waals surface area (Å²) in [7, 11) is 0. The van der Waals surface area contributed by atoms with Crippen molar-refractivity contribution in [3.8, 4) is 0 Å². The lowest BCUT2D eigenvalue weighted by Crippen LogP contribution is -1.79. The standard InChI is InChI=1S/C7H7FOS/c8-6(5-9)4-7-2-1-3-10-7/h1-4,9H,5H2. The van der Waals surface area contributed by atoms with E-state index in [1.165, 1.54) is 17.4 Å². The van der Waals surface area contributed by atoms with Gasteiger partial charge in [-0.15, -0.1) is 11.3 Å². The number of halogens is 1. The first kappa shape index (κ1) is 7.44. The quantitative estimate of drug-likeness (QED) is 0.698. The zero-order valence-corrected chi connectivity index (χ0v) is 6.07. The summed E-state index contributed by atoms with van der Waals surface area (Å²) in [5, 5.41) is 10.2. The van der Waals surface area contributed by atoms with Crippen LogP contribution in [0, 0.1) is 0 Å². The summed E-state index contributed by atoms with van der Waals surface area (Å²) < 4.78 is 12.3. The van der Waals surface area contributed by atoms with E-state index in [1.807, 2.05) is 11.4 Å². The predicted octanol–water partition coefficient (Wildman–Crippen LogP) is 2.05. The van der Waals surface area contributed by atoms with Crippen LogP contribution >= 0.6 is 11.3 Å². The summed E-state index contributed by atoms with van der Waals surface area (Å²) in [6.45, 7) is -0.516. The number of rotatable bonds is 2. The van der Waals surface area contributed by atoms with Crippen molar-refractivity contribution in [1.29, 1.82) is 0 Å². The van der Waals surface area contributed by atoms with Crippen molar-refractivity contribution in [2.24, 2.45) is 0 Å². The Balaban J connectivity index is 2.71. The van der Waals surface area contributed by atoms with Gasteiger partial charge in [-0.3, -0.25) is 0 Å². The van der Waals surface area contributed by atoms with E-state index in [9.17, 15) is 4.39 Å². The minimum atomic E-state index is -0.516. The lowest BCUT2D eigenvalue weighted by atomic mass is 10.4. The van der Waals surface area contributed by atoms with E-state index >= 15 is 0 Å². The fraction of sp³-hybridized carbons (Fsp3) is 0.143. The van der Waals surface area contributed by atoms with Crippen molar-refractivity contribution in [2.45, 2.75) is 0 Å². The molecule has 0 fully saturated rings. The van der Waals surface area contributed by atoms with Crippen molar-refractivity contribution < 1.29 is 9.50 Å². The van der Waals surface area contributed by atoms with Crippen LogP contribution in [0.4, 0.5) is 4.39 Å². The van der Waals surface area contributed by atoms with Gasteiger partial charge in [-0.25, -0.2) is 4.39 Å². The van der Waals surface area contributed by atoms with Gasteiger partial charge >= 0.3 is 0 Å². The van der Waals surface area contributed by atoms with E-state index in [1.54, 1.807) is 6.07 Å². The van der Waals surface area contributed by atoms with Crippen LogP contribution in [0.1, 0.15) is 4.88 Å². The second kappa shape index (κ2) is 3.49. The van der Waals surface area contributed by atoms with E-state index in [0.717, 1.165) is 4.88 Å². The second-order valence-corrected chi connectivity index (χ2v) is 2.74. The average molecular weight is 158 g/mol. The molecule has 0 aliphatic heterocycles. The summed E-state index contributed by atoms with van der Waals surface area (Å²) in [5.41, 5.74) is 0. The minimum absolute atomic E-state index is 0.498. The molecule has 0 aliphatic carbocycles. The molecule has 0 saturated heterocycles. The maximum atomic E-state index is 12.3. The highest BCUT2D eigenvalue weighted by Crippen LogP contribution is 2.13. The molecular weight excluding hydrogens is 151 g/mol. The van der Waals surface area contributed by atoms with Crippen LogP contribution in [0.2, 0.25) is 0 Å². The summed E-state index contributed by atoms with van der Waals surface area (Å²) in [6.07, 6.45) is 1.32. The van der Waals surface area contributed by atoms with Gasteiger partial charge in [-0.1, -0.05) is 6.07 Å². The summed E-state index contributed by atoms with van der Waals surface area (Å²) in [5.74, 6) is -0.498. The Labute approximate surface area is 62.4 Å². The fourth-order valence-electron chi connectivity index (χ4n) is 0.573. The molecule has 10 heavy (non-hydrogen) atoms. The Morgan fingerprint density at radius 3 is 3.10 bits per heavy atom. The fourth-order valence-corrected chi connectivity index (χ4v) is 1.24. The van der Waals surface area contributed by atoms with E-state index in [2.05, 4.69) is 0 Å². The topological polar surface area (TPSA) is 20.2 Å². The highest BCUT2D eigenvalue weighted by Gasteiger charge is 1.92. The number of hydrogen-bond acceptors (Lipinski definition) is 2. The van der Waals surface area contributed by atoms with Crippen LogP contribution in [-0.4, -0.2) is 11.7 Å². The molecule has 0 radical (unpaired) electrons. The Hall–Kier alpha value is -0.670. The average Bonchev–Trinajstić information content (AvgIpc) is 2.40. The van der Waals surface area contributed by atoms with Gasteiger partial charge < -0.3 is 5.11 Å². The smallest absolute Gasteiger partial charge is 0.127 e. The van der Waals surface area contributed by atoms with Crippen molar-refractivity contribution in [3.63, 3.8) is 0 Å². The Kier molecular flexibility index (Phi) is 2.59. The molecule has 0 atom stereocenters. The molecule has 0 saturated carbocycles. The molecule has 0 spiro atoms. The molecule has 0 aliphatic rings. The third-order valence-corrected chi connectivity index (χ3v) is 1.81. The summed E-state index contributed by atoms with van der Waals surface area (Å²) >= 11 is 1.44. The SMILES string of the molecule is OCC(F)=Cc1cccs1. The van der Waals surface area contributed by atoms with Gasteiger partial charge in [0, 0.05) is 4.88 Å². The van der Waals surface area contributed by atoms with Crippen LogP contribution < -0.4 is 0 Å². The Morgan fingerprint density at radius 1 is 1.80 bits per heavy atom. The first-order chi connectivity index (χ1) is 4.83. The van der Waals surface area contributed by atoms with Crippen LogP contribution in [0.25, 0.3) is 6.08 Å². The molecule has 0 aromatic carbocycles. The van der Waals surface area contributed by atoms with Gasteiger partial charge in [0.05, 0.1) is 6.61 Å². The van der Waals surface area contributed by atoms with Gasteiger partial charge in [-0.2, -0.15) is 0 Å². The summed E-state index contributed by atoms with van der Waals surface area (Å²) in [6, 6.07) is 3.63. The van der Waals surface area contributed by atoms with Crippen molar-refractivity contribution in [2.75, 3.05) is 6.61 Å². The lowest BCUT2D eigenvalue weighted by Gasteiger charge is -1.86. The van der Waals surface area contributed by atoms with Gasteiger partial charge in [0.25, 0.3) is 0 Å². The first-order valence-electron chi connectivity index (χ1n) is 2.83. The van der Waals surface area contributed by atoms with Crippen LogP contribution in [-0.2, 0) is 0 Å². The molecular formula is C7H7FOS. The van der Waals surface area contributed by atoms with Gasteiger partial charge in [0.2, 0.25) is 0 Å². The first-order valence-corrected chi connectivity index (χ1v) is 3.71. The third kappa shape index (κ3) is 1.93. The Morgan fingerprint density at radius 2 is 2.60 bits per heavy atom. The normalized spacial score (nSPS) is 12.0. The molecule has 1 heterocycles. The van der Waals surface area contributed by atoms with Crippen LogP contribution in [0.5, 0.6) is 0 Å². The Bertz CT molecular complexity index is 216. The maximum absolute atomic E-state index is 12.3. The van der Waals surface area contributed by atoms with Crippen molar-refractivity contribution >= 4 is 17.4 Å². The van der Waals surface area contributed by atoms with Crippen molar-refractivity contribution in [1.82, 2.24) is 0 Å². The molecule has 1 nitrogen and oxygen atoms in total. The van der Waals surface area contributed by atoms with Gasteiger partial charge in [-0.05, 0) is 17.5 Å². The number of hydrogen-bond donors (Lipinski definition) is 1. The van der Waals surface area contributed by atoms with Crippen LogP contribution in [0.3, 0.4) is 0 Å². The number of thiophene rings is 1. The zero-order valence-electron chi connectivity index (χ0n) is 5.25. The van der Waals surface area contributed by atoms with Crippen LogP contribution in [0.15, 0.2) is 23.3 Å². The molecule has 1 N–H and O–H groups in total. The van der Waals surface area contributed by atoms with E-state index in [0.29, 0.717) is 0 Å². The summed E-state index contributed by atoms with van der Waals surface area (Å²) in [4.78, 5) is 0.826. The predicted molar refractivity (Wildman–Crippen MR) is 40.5 cm³/mol. The number of aliphatic hydroxyl groups excluding tert-OH is 1. The molecule has 1 rings (SSSR count). The van der Waals surface area contributed by atoms with Gasteiger partial charge in [0.1, 0.15) is 5.83 Å². The molecule has 1 aromatic rings. The van der Waals surface area contributed by atoms with Gasteiger partial charge in [0.15, 0.2) is 0 Å². The second-order valence-electron chi connectivity index (χ2n) is 1.76. The molecule has 1 aromatic heterocycles.